The molecule has 0 aliphatic rings. The minimum atomic E-state index is -1.52. The van der Waals surface area contributed by atoms with Crippen LogP contribution in [0.3, 0.4) is 0 Å². The summed E-state index contributed by atoms with van der Waals surface area (Å²) < 4.78 is 0. The van der Waals surface area contributed by atoms with Crippen molar-refractivity contribution >= 4 is 29.6 Å². The Kier molecular flexibility index (Phi) is 16.2. The molecule has 0 spiro atoms. The lowest BCUT2D eigenvalue weighted by Crippen LogP contribution is -2.59. The Bertz CT molecular complexity index is 706. The number of carbonyl (C=O) groups is 5. The number of carbonyl (C=O) groups excluding carboxylic acids is 4. The van der Waals surface area contributed by atoms with Crippen LogP contribution in [0.25, 0.3) is 0 Å². The summed E-state index contributed by atoms with van der Waals surface area (Å²) in [5.41, 5.74) is 21.8. The standard InChI is InChI=1S/C21H41N7O7/c1-12(29)17(20(33)27-15(21(34)35)7-3-5-11-23)28-19(32)14(8-9-16(25)30)26-18(31)13(24)6-2-4-10-22/h12-15,17,29H,2-11,22-24H2,1H3,(H2,25,30)(H,26,31)(H,27,33)(H,28,32)(H,34,35). The van der Waals surface area contributed by atoms with Gasteiger partial charge in [0.15, 0.2) is 0 Å². The van der Waals surface area contributed by atoms with Gasteiger partial charge in [0.1, 0.15) is 18.1 Å². The summed E-state index contributed by atoms with van der Waals surface area (Å²) in [6.07, 6.45) is 0.902. The number of hydrogen-bond acceptors (Lipinski definition) is 9. The Morgan fingerprint density at radius 2 is 1.31 bits per heavy atom. The molecule has 0 aromatic heterocycles. The first-order valence-electron chi connectivity index (χ1n) is 11.7. The summed E-state index contributed by atoms with van der Waals surface area (Å²) in [4.78, 5) is 60.7. The van der Waals surface area contributed by atoms with Crippen molar-refractivity contribution in [3.05, 3.63) is 0 Å². The molecule has 0 saturated heterocycles. The third kappa shape index (κ3) is 13.6. The lowest BCUT2D eigenvalue weighted by atomic mass is 10.0. The van der Waals surface area contributed by atoms with Crippen LogP contribution in [0.15, 0.2) is 0 Å². The molecule has 5 atom stereocenters. The van der Waals surface area contributed by atoms with Gasteiger partial charge in [-0.05, 0) is 58.5 Å². The van der Waals surface area contributed by atoms with E-state index in [-0.39, 0.29) is 19.3 Å². The number of unbranched alkanes of at least 4 members (excludes halogenated alkanes) is 2. The van der Waals surface area contributed by atoms with Crippen molar-refractivity contribution in [1.82, 2.24) is 16.0 Å². The summed E-state index contributed by atoms with van der Waals surface area (Å²) in [5.74, 6) is -4.43. The van der Waals surface area contributed by atoms with Crippen molar-refractivity contribution in [2.45, 2.75) is 88.6 Å². The van der Waals surface area contributed by atoms with E-state index < -0.39 is 59.9 Å². The molecule has 0 saturated carbocycles. The predicted molar refractivity (Wildman–Crippen MR) is 127 cm³/mol. The summed E-state index contributed by atoms with van der Waals surface area (Å²) >= 11 is 0. The number of nitrogens with two attached hydrogens (primary N) is 4. The normalized spacial score (nSPS) is 15.2. The SMILES string of the molecule is CC(O)C(NC(=O)C(CCC(N)=O)NC(=O)C(N)CCCCN)C(=O)NC(CCCCN)C(=O)O. The molecule has 0 rings (SSSR count). The highest BCUT2D eigenvalue weighted by Gasteiger charge is 2.32. The fraction of sp³-hybridized carbons (Fsp3) is 0.762. The Balaban J connectivity index is 5.37. The highest BCUT2D eigenvalue weighted by molar-refractivity contribution is 5.94. The summed E-state index contributed by atoms with van der Waals surface area (Å²) in [5, 5.41) is 26.5. The first-order valence-corrected chi connectivity index (χ1v) is 11.7. The number of carboxylic acids is 1. The van der Waals surface area contributed by atoms with E-state index in [1.165, 1.54) is 6.92 Å². The summed E-state index contributed by atoms with van der Waals surface area (Å²) in [6.45, 7) is 2.04. The summed E-state index contributed by atoms with van der Waals surface area (Å²) in [7, 11) is 0. The maximum atomic E-state index is 12.9. The fourth-order valence-corrected chi connectivity index (χ4v) is 3.14. The van der Waals surface area contributed by atoms with E-state index >= 15 is 0 Å². The van der Waals surface area contributed by atoms with Crippen molar-refractivity contribution in [2.24, 2.45) is 22.9 Å². The quantitative estimate of drug-likeness (QED) is 0.0794. The van der Waals surface area contributed by atoms with Crippen LogP contribution in [0.5, 0.6) is 0 Å². The highest BCUT2D eigenvalue weighted by atomic mass is 16.4. The van der Waals surface area contributed by atoms with Gasteiger partial charge >= 0.3 is 5.97 Å². The number of aliphatic carboxylic acids is 1. The molecular formula is C21H41N7O7. The number of rotatable bonds is 19. The minimum Gasteiger partial charge on any atom is -0.480 e. The molecule has 0 radical (unpaired) electrons. The van der Waals surface area contributed by atoms with Crippen LogP contribution in [0, 0.1) is 0 Å². The maximum absolute atomic E-state index is 12.9. The molecule has 0 aliphatic carbocycles. The van der Waals surface area contributed by atoms with E-state index in [2.05, 4.69) is 16.0 Å². The van der Waals surface area contributed by atoms with Crippen LogP contribution in [-0.2, 0) is 24.0 Å². The van der Waals surface area contributed by atoms with Gasteiger partial charge in [-0.2, -0.15) is 0 Å². The Hall–Kier alpha value is -2.81. The second kappa shape index (κ2) is 17.6. The van der Waals surface area contributed by atoms with E-state index in [4.69, 9.17) is 22.9 Å². The Morgan fingerprint density at radius 1 is 0.771 bits per heavy atom. The topological polar surface area (TPSA) is 266 Å². The Morgan fingerprint density at radius 3 is 1.80 bits per heavy atom. The van der Waals surface area contributed by atoms with E-state index in [1.807, 2.05) is 0 Å². The van der Waals surface area contributed by atoms with Gasteiger partial charge in [0.05, 0.1) is 12.1 Å². The highest BCUT2D eigenvalue weighted by Crippen LogP contribution is 2.06. The second-order valence-electron chi connectivity index (χ2n) is 8.37. The van der Waals surface area contributed by atoms with Crippen LogP contribution < -0.4 is 38.9 Å². The number of aliphatic hydroxyl groups excluding tert-OH is 1. The average molecular weight is 504 g/mol. The van der Waals surface area contributed by atoms with Gasteiger partial charge in [0.25, 0.3) is 0 Å². The zero-order chi connectivity index (χ0) is 27.0. The number of primary amides is 1. The smallest absolute Gasteiger partial charge is 0.326 e. The second-order valence-corrected chi connectivity index (χ2v) is 8.37. The lowest BCUT2D eigenvalue weighted by molar-refractivity contribution is -0.143. The third-order valence-corrected chi connectivity index (χ3v) is 5.24. The van der Waals surface area contributed by atoms with E-state index in [1.54, 1.807) is 0 Å². The maximum Gasteiger partial charge on any atom is 0.326 e. The van der Waals surface area contributed by atoms with Crippen LogP contribution in [0.4, 0.5) is 0 Å². The molecule has 202 valence electrons. The molecule has 14 nitrogen and oxygen atoms in total. The van der Waals surface area contributed by atoms with Gasteiger partial charge in [-0.3, -0.25) is 19.2 Å². The van der Waals surface area contributed by atoms with Crippen molar-refractivity contribution in [3.8, 4) is 0 Å². The molecule has 13 N–H and O–H groups in total. The molecule has 14 heteroatoms. The fourth-order valence-electron chi connectivity index (χ4n) is 3.14. The number of hydrogen-bond donors (Lipinski definition) is 9. The van der Waals surface area contributed by atoms with Crippen LogP contribution in [0.2, 0.25) is 0 Å². The molecule has 35 heavy (non-hydrogen) atoms. The van der Waals surface area contributed by atoms with Gasteiger partial charge in [0, 0.05) is 6.42 Å². The first-order chi connectivity index (χ1) is 16.4. The van der Waals surface area contributed by atoms with Gasteiger partial charge < -0.3 is 49.1 Å². The number of nitrogens with one attached hydrogen (secondary N) is 3. The zero-order valence-electron chi connectivity index (χ0n) is 20.2. The lowest BCUT2D eigenvalue weighted by Gasteiger charge is -2.26. The minimum absolute atomic E-state index is 0.109. The van der Waals surface area contributed by atoms with E-state index in [9.17, 15) is 34.2 Å². The Labute approximate surface area is 204 Å². The molecular weight excluding hydrogens is 462 g/mol. The van der Waals surface area contributed by atoms with E-state index in [0.29, 0.717) is 45.2 Å². The van der Waals surface area contributed by atoms with Gasteiger partial charge in [-0.1, -0.05) is 6.42 Å². The zero-order valence-corrected chi connectivity index (χ0v) is 20.2. The number of aliphatic hydroxyl groups is 1. The number of amides is 4. The predicted octanol–water partition coefficient (Wildman–Crippen LogP) is -3.24. The van der Waals surface area contributed by atoms with Crippen molar-refractivity contribution in [3.63, 3.8) is 0 Å². The molecule has 0 bridgehead atoms. The molecule has 4 amide bonds. The van der Waals surface area contributed by atoms with Gasteiger partial charge in [0.2, 0.25) is 23.6 Å². The molecule has 0 aromatic rings. The average Bonchev–Trinajstić information content (AvgIpc) is 2.78. The van der Waals surface area contributed by atoms with Gasteiger partial charge in [-0.15, -0.1) is 0 Å². The molecule has 0 fully saturated rings. The van der Waals surface area contributed by atoms with Crippen molar-refractivity contribution in [1.29, 1.82) is 0 Å². The number of carboxylic acid groups (broad SMARTS) is 1. The van der Waals surface area contributed by atoms with Gasteiger partial charge in [-0.25, -0.2) is 4.79 Å². The van der Waals surface area contributed by atoms with Crippen LogP contribution in [-0.4, -0.2) is 83.2 Å². The largest absolute Gasteiger partial charge is 0.480 e. The van der Waals surface area contributed by atoms with E-state index in [0.717, 1.165) is 0 Å². The third-order valence-electron chi connectivity index (χ3n) is 5.24. The van der Waals surface area contributed by atoms with Crippen LogP contribution in [0.1, 0.15) is 58.3 Å². The van der Waals surface area contributed by atoms with Crippen LogP contribution >= 0.6 is 0 Å². The molecule has 0 aliphatic heterocycles. The molecule has 0 heterocycles. The monoisotopic (exact) mass is 503 g/mol. The first kappa shape index (κ1) is 32.2. The molecule has 5 unspecified atom stereocenters. The van der Waals surface area contributed by atoms with Crippen molar-refractivity contribution < 1.29 is 34.2 Å². The molecule has 0 aromatic carbocycles. The van der Waals surface area contributed by atoms with Crippen molar-refractivity contribution in [2.75, 3.05) is 13.1 Å². The summed E-state index contributed by atoms with van der Waals surface area (Å²) in [6, 6.07) is -4.97.